The maximum atomic E-state index is 13.6. The molecule has 1 rings (SSSR count). The van der Waals surface area contributed by atoms with Gasteiger partial charge in [-0.2, -0.15) is 13.2 Å². The first kappa shape index (κ1) is 17.1. The fourth-order valence-electron chi connectivity index (χ4n) is 1.68. The zero-order chi connectivity index (χ0) is 15.2. The molecule has 0 spiro atoms. The van der Waals surface area contributed by atoms with Gasteiger partial charge in [0.1, 0.15) is 5.01 Å². The second-order valence-electron chi connectivity index (χ2n) is 4.85. The molecular weight excluding hydrogens is 294 g/mol. The largest absolute Gasteiger partial charge is 0.389 e. The van der Waals surface area contributed by atoms with E-state index >= 15 is 0 Å². The highest BCUT2D eigenvalue weighted by Gasteiger charge is 2.28. The van der Waals surface area contributed by atoms with Gasteiger partial charge in [0, 0.05) is 17.5 Å². The van der Waals surface area contributed by atoms with E-state index in [-0.39, 0.29) is 17.7 Å². The number of hydrogen-bond donors (Lipinski definition) is 0. The van der Waals surface area contributed by atoms with Gasteiger partial charge in [-0.05, 0) is 26.2 Å². The quantitative estimate of drug-likeness (QED) is 0.399. The number of aryl methyl sites for hydroxylation is 1. The highest BCUT2D eigenvalue weighted by Crippen LogP contribution is 2.28. The molecule has 0 N–H and O–H groups in total. The molecule has 0 saturated heterocycles. The van der Waals surface area contributed by atoms with Gasteiger partial charge in [0.15, 0.2) is 6.29 Å². The Kier molecular flexibility index (Phi) is 6.10. The number of nitrogens with zero attached hydrogens (tertiary/aromatic N) is 1. The van der Waals surface area contributed by atoms with Gasteiger partial charge in [-0.25, -0.2) is 9.37 Å². The van der Waals surface area contributed by atoms with Gasteiger partial charge < -0.3 is 0 Å². The van der Waals surface area contributed by atoms with Crippen LogP contribution in [0.4, 0.5) is 17.6 Å². The Morgan fingerprint density at radius 3 is 2.45 bits per heavy atom. The molecule has 0 saturated carbocycles. The lowest BCUT2D eigenvalue weighted by atomic mass is 10.1. The smallest absolute Gasteiger partial charge is 0.299 e. The summed E-state index contributed by atoms with van der Waals surface area (Å²) in [6.07, 6.45) is -0.314. The zero-order valence-corrected chi connectivity index (χ0v) is 12.0. The number of hydrogen-bond acceptors (Lipinski definition) is 3. The number of carbonyl (C=O) groups is 1. The lowest BCUT2D eigenvalue weighted by molar-refractivity contribution is -0.135. The zero-order valence-electron chi connectivity index (χ0n) is 11.2. The van der Waals surface area contributed by atoms with Crippen molar-refractivity contribution in [2.45, 2.75) is 57.3 Å². The van der Waals surface area contributed by atoms with Crippen LogP contribution in [0, 0.1) is 0 Å². The molecule has 0 aliphatic rings. The molecule has 0 bridgehead atoms. The molecule has 7 heteroatoms. The SMILES string of the molecule is CC(F)(C=O)c1ncc(CCCCCCC(F)(F)F)s1. The van der Waals surface area contributed by atoms with E-state index in [4.69, 9.17) is 0 Å². The predicted molar refractivity (Wildman–Crippen MR) is 69.5 cm³/mol. The summed E-state index contributed by atoms with van der Waals surface area (Å²) in [5, 5.41) is 0.125. The Balaban J connectivity index is 2.25. The van der Waals surface area contributed by atoms with Crippen LogP contribution in [0.5, 0.6) is 0 Å². The van der Waals surface area contributed by atoms with Crippen LogP contribution in [0.25, 0.3) is 0 Å². The van der Waals surface area contributed by atoms with E-state index in [1.165, 1.54) is 6.20 Å². The highest BCUT2D eigenvalue weighted by atomic mass is 32.1. The molecule has 1 unspecified atom stereocenters. The molecule has 0 aliphatic carbocycles. The Morgan fingerprint density at radius 2 is 1.85 bits per heavy atom. The maximum Gasteiger partial charge on any atom is 0.389 e. The lowest BCUT2D eigenvalue weighted by Gasteiger charge is -2.07. The standard InChI is InChI=1S/C13H17F4NOS/c1-12(14,9-19)11-18-8-10(20-11)6-4-2-3-5-7-13(15,16)17/h8-9H,2-7H2,1H3. The van der Waals surface area contributed by atoms with Gasteiger partial charge in [0.05, 0.1) is 0 Å². The van der Waals surface area contributed by atoms with E-state index in [0.717, 1.165) is 29.6 Å². The van der Waals surface area contributed by atoms with Crippen molar-refractivity contribution in [2.75, 3.05) is 0 Å². The number of aromatic nitrogens is 1. The molecular formula is C13H17F4NOS. The molecule has 20 heavy (non-hydrogen) atoms. The third-order valence-electron chi connectivity index (χ3n) is 2.83. The van der Waals surface area contributed by atoms with E-state index in [0.29, 0.717) is 19.3 Å². The molecule has 1 heterocycles. The van der Waals surface area contributed by atoms with Crippen molar-refractivity contribution >= 4 is 17.6 Å². The number of carbonyl (C=O) groups excluding carboxylic acids is 1. The molecule has 0 amide bonds. The van der Waals surface area contributed by atoms with Crippen molar-refractivity contribution in [1.29, 1.82) is 0 Å². The number of halogens is 4. The van der Waals surface area contributed by atoms with Crippen LogP contribution < -0.4 is 0 Å². The summed E-state index contributed by atoms with van der Waals surface area (Å²) in [5.74, 6) is 0. The van der Waals surface area contributed by atoms with Crippen molar-refractivity contribution < 1.29 is 22.4 Å². The summed E-state index contributed by atoms with van der Waals surface area (Å²) in [7, 11) is 0. The average molecular weight is 311 g/mol. The molecule has 2 nitrogen and oxygen atoms in total. The maximum absolute atomic E-state index is 13.6. The van der Waals surface area contributed by atoms with E-state index in [9.17, 15) is 22.4 Å². The van der Waals surface area contributed by atoms with Gasteiger partial charge in [0.2, 0.25) is 5.67 Å². The van der Waals surface area contributed by atoms with Gasteiger partial charge in [-0.3, -0.25) is 4.79 Å². The van der Waals surface area contributed by atoms with Crippen LogP contribution in [0.3, 0.4) is 0 Å². The van der Waals surface area contributed by atoms with E-state index < -0.39 is 18.3 Å². The molecule has 0 fully saturated rings. The molecule has 0 aliphatic heterocycles. The second-order valence-corrected chi connectivity index (χ2v) is 5.97. The van der Waals surface area contributed by atoms with Crippen LogP contribution in [0.2, 0.25) is 0 Å². The van der Waals surface area contributed by atoms with E-state index in [2.05, 4.69) is 4.98 Å². The van der Waals surface area contributed by atoms with Crippen LogP contribution >= 0.6 is 11.3 Å². The Labute approximate surface area is 119 Å². The summed E-state index contributed by atoms with van der Waals surface area (Å²) >= 11 is 1.14. The third-order valence-corrected chi connectivity index (χ3v) is 4.10. The van der Waals surface area contributed by atoms with Gasteiger partial charge in [-0.15, -0.1) is 11.3 Å². The van der Waals surface area contributed by atoms with Crippen LogP contribution in [0.1, 0.15) is 48.9 Å². The summed E-state index contributed by atoms with van der Waals surface area (Å²) in [4.78, 5) is 15.3. The van der Waals surface area contributed by atoms with Crippen LogP contribution in [-0.2, 0) is 16.9 Å². The number of aldehydes is 1. The molecule has 0 radical (unpaired) electrons. The molecule has 1 atom stereocenters. The number of alkyl halides is 4. The summed E-state index contributed by atoms with van der Waals surface area (Å²) < 4.78 is 49.4. The van der Waals surface area contributed by atoms with Crippen molar-refractivity contribution in [3.8, 4) is 0 Å². The second kappa shape index (κ2) is 7.15. The van der Waals surface area contributed by atoms with Crippen molar-refractivity contribution in [2.24, 2.45) is 0 Å². The fourth-order valence-corrected chi connectivity index (χ4v) is 2.63. The Bertz CT molecular complexity index is 428. The molecule has 0 aromatic carbocycles. The minimum Gasteiger partial charge on any atom is -0.299 e. The van der Waals surface area contributed by atoms with Gasteiger partial charge in [-0.1, -0.05) is 12.8 Å². The number of rotatable bonds is 8. The van der Waals surface area contributed by atoms with E-state index in [1.807, 2.05) is 0 Å². The normalized spacial score (nSPS) is 15.1. The Hall–Kier alpha value is -0.980. The first-order valence-corrected chi connectivity index (χ1v) is 7.23. The lowest BCUT2D eigenvalue weighted by Crippen LogP contribution is -2.15. The highest BCUT2D eigenvalue weighted by molar-refractivity contribution is 7.11. The summed E-state index contributed by atoms with van der Waals surface area (Å²) in [6.45, 7) is 1.15. The Morgan fingerprint density at radius 1 is 1.20 bits per heavy atom. The molecule has 1 aromatic heterocycles. The fraction of sp³-hybridized carbons (Fsp3) is 0.692. The van der Waals surface area contributed by atoms with Crippen LogP contribution in [0.15, 0.2) is 6.20 Å². The molecule has 114 valence electrons. The summed E-state index contributed by atoms with van der Waals surface area (Å²) in [5.41, 5.74) is -2.06. The third kappa shape index (κ3) is 5.98. The number of thiazole rings is 1. The van der Waals surface area contributed by atoms with Crippen molar-refractivity contribution in [3.05, 3.63) is 16.1 Å². The first-order chi connectivity index (χ1) is 9.24. The number of unbranched alkanes of at least 4 members (excludes halogenated alkanes) is 3. The van der Waals surface area contributed by atoms with Crippen LogP contribution in [-0.4, -0.2) is 17.4 Å². The minimum absolute atomic E-state index is 0.125. The van der Waals surface area contributed by atoms with Crippen molar-refractivity contribution in [3.63, 3.8) is 0 Å². The minimum atomic E-state index is -4.08. The molecule has 1 aromatic rings. The van der Waals surface area contributed by atoms with Crippen molar-refractivity contribution in [1.82, 2.24) is 4.98 Å². The predicted octanol–water partition coefficient (Wildman–Crippen LogP) is 4.58. The first-order valence-electron chi connectivity index (χ1n) is 6.42. The van der Waals surface area contributed by atoms with E-state index in [1.54, 1.807) is 0 Å². The monoisotopic (exact) mass is 311 g/mol. The van der Waals surface area contributed by atoms with Gasteiger partial charge >= 0.3 is 6.18 Å². The topological polar surface area (TPSA) is 30.0 Å². The van der Waals surface area contributed by atoms with Gasteiger partial charge in [0.25, 0.3) is 0 Å². The summed E-state index contributed by atoms with van der Waals surface area (Å²) in [6, 6.07) is 0. The average Bonchev–Trinajstić information content (AvgIpc) is 2.81.